The maximum Gasteiger partial charge on any atom is 0.0905 e. The molecule has 176 valence electrons. The fraction of sp³-hybridized carbons (Fsp3) is 0.750. The second kappa shape index (κ2) is 45.0. The van der Waals surface area contributed by atoms with Gasteiger partial charge in [0.25, 0.3) is 0 Å². The van der Waals surface area contributed by atoms with E-state index in [-0.39, 0.29) is 73.0 Å². The molecule has 0 aromatic heterocycles. The highest BCUT2D eigenvalue weighted by Gasteiger charge is 1.80. The van der Waals surface area contributed by atoms with Gasteiger partial charge in [-0.05, 0) is 25.7 Å². The molecule has 0 aliphatic carbocycles. The number of nitrogens with one attached hydrogen (secondary N) is 4. The van der Waals surface area contributed by atoms with Crippen LogP contribution < -0.4 is 22.9 Å². The number of nitrogens with two attached hydrogens (primary N) is 4. The van der Waals surface area contributed by atoms with Gasteiger partial charge >= 0.3 is 0 Å². The van der Waals surface area contributed by atoms with Gasteiger partial charge in [-0.3, -0.25) is 21.6 Å². The van der Waals surface area contributed by atoms with Crippen LogP contribution in [0.4, 0.5) is 0 Å². The molecule has 8 nitrogen and oxygen atoms in total. The van der Waals surface area contributed by atoms with Crippen LogP contribution in [0.2, 0.25) is 0 Å². The van der Waals surface area contributed by atoms with Crippen molar-refractivity contribution in [2.75, 3.05) is 0 Å². The molecule has 0 radical (unpaired) electrons. The number of hydrogen-bond acceptors (Lipinski definition) is 4. The molecule has 0 aliphatic rings. The fourth-order valence-corrected chi connectivity index (χ4v) is 1.08. The summed E-state index contributed by atoms with van der Waals surface area (Å²) in [4.78, 5) is 0. The highest BCUT2D eigenvalue weighted by molar-refractivity contribution is 5.86. The Kier molecular flexibility index (Phi) is 81.4. The molecule has 0 heterocycles. The van der Waals surface area contributed by atoms with Crippen LogP contribution in [-0.2, 0) is 0 Å². The van der Waals surface area contributed by atoms with E-state index in [2.05, 4.69) is 0 Å². The van der Waals surface area contributed by atoms with Crippen molar-refractivity contribution in [3.63, 3.8) is 0 Å². The van der Waals surface area contributed by atoms with Gasteiger partial charge in [0.1, 0.15) is 0 Å². The molecule has 0 unspecified atom stereocenters. The van der Waals surface area contributed by atoms with Crippen LogP contribution >= 0.6 is 49.6 Å². The maximum atomic E-state index is 6.67. The van der Waals surface area contributed by atoms with E-state index in [9.17, 15) is 0 Å². The topological polar surface area (TPSA) is 199 Å². The van der Waals surface area contributed by atoms with E-state index in [0.29, 0.717) is 0 Å². The first-order valence-electron chi connectivity index (χ1n) is 8.40. The Hall–Kier alpha value is -0.960. The lowest BCUT2D eigenvalue weighted by molar-refractivity contribution is 0.976. The van der Waals surface area contributed by atoms with E-state index < -0.39 is 0 Å². The second-order valence-corrected chi connectivity index (χ2v) is 5.10. The lowest BCUT2D eigenvalue weighted by Crippen LogP contribution is -2.07. The molecule has 0 amide bonds. The zero-order valence-electron chi connectivity index (χ0n) is 17.6. The molecule has 0 bridgehead atoms. The van der Waals surface area contributed by atoms with Gasteiger partial charge in [0.2, 0.25) is 0 Å². The van der Waals surface area contributed by atoms with Crippen LogP contribution in [0, 0.1) is 21.6 Å². The predicted octanol–water partition coefficient (Wildman–Crippen LogP) is 4.58. The van der Waals surface area contributed by atoms with Gasteiger partial charge in [-0.25, -0.2) is 0 Å². The van der Waals surface area contributed by atoms with E-state index in [1.165, 1.54) is 0 Å². The van der Waals surface area contributed by atoms with E-state index >= 15 is 0 Å². The van der Waals surface area contributed by atoms with E-state index in [1.54, 1.807) is 0 Å². The quantitative estimate of drug-likeness (QED) is 0.182. The summed E-state index contributed by atoms with van der Waals surface area (Å²) in [6.07, 6.45) is 6.87. The van der Waals surface area contributed by atoms with Gasteiger partial charge in [0.15, 0.2) is 0 Å². The smallest absolute Gasteiger partial charge is 0.0905 e. The Morgan fingerprint density at radius 2 is 0.536 bits per heavy atom. The Morgan fingerprint density at radius 1 is 0.429 bits per heavy atom. The summed E-state index contributed by atoms with van der Waals surface area (Å²) in [5, 5.41) is 26.7. The first-order chi connectivity index (χ1) is 11.1. The van der Waals surface area contributed by atoms with Crippen LogP contribution in [0.25, 0.3) is 0 Å². The molecule has 0 aromatic rings. The number of amidine groups is 4. The highest BCUT2D eigenvalue weighted by atomic mass is 35.5. The van der Waals surface area contributed by atoms with E-state index in [0.717, 1.165) is 51.4 Å². The average Bonchev–Trinajstić information content (AvgIpc) is 2.39. The van der Waals surface area contributed by atoms with Crippen molar-refractivity contribution in [3.8, 4) is 0 Å². The van der Waals surface area contributed by atoms with Crippen molar-refractivity contribution < 1.29 is 0 Å². The largest absolute Gasteiger partial charge is 0.388 e. The first-order valence-corrected chi connectivity index (χ1v) is 8.40. The minimum absolute atomic E-state index is 0. The monoisotopic (exact) mass is 488 g/mol. The third-order valence-electron chi connectivity index (χ3n) is 2.08. The highest BCUT2D eigenvalue weighted by Crippen LogP contribution is 1.81. The standard InChI is InChI=1S/4C4H10N2.4ClH/c4*1-2-3-4(5)6;;;;/h4*2-3H2,1H3,(H3,5,6);4*1H. The molecule has 0 rings (SSSR count). The summed E-state index contributed by atoms with van der Waals surface area (Å²) in [6.45, 7) is 8.01. The minimum atomic E-state index is 0. The van der Waals surface area contributed by atoms with Gasteiger partial charge in [-0.2, -0.15) is 0 Å². The molecule has 0 atom stereocenters. The van der Waals surface area contributed by atoms with Gasteiger partial charge in [-0.1, -0.05) is 27.7 Å². The Labute approximate surface area is 196 Å². The minimum Gasteiger partial charge on any atom is -0.388 e. The molecule has 12 heteroatoms. The summed E-state index contributed by atoms with van der Waals surface area (Å²) < 4.78 is 0. The molecule has 0 aromatic carbocycles. The zero-order valence-corrected chi connectivity index (χ0v) is 20.9. The van der Waals surface area contributed by atoms with Crippen LogP contribution in [-0.4, -0.2) is 23.3 Å². The summed E-state index contributed by atoms with van der Waals surface area (Å²) in [5.41, 5.74) is 19.9. The lowest BCUT2D eigenvalue weighted by atomic mass is 10.3. The van der Waals surface area contributed by atoms with Gasteiger partial charge < -0.3 is 22.9 Å². The molecule has 28 heavy (non-hydrogen) atoms. The van der Waals surface area contributed by atoms with Crippen LogP contribution in [0.3, 0.4) is 0 Å². The molecule has 12 N–H and O–H groups in total. The normalized spacial score (nSPS) is 7.00. The predicted molar refractivity (Wildman–Crippen MR) is 136 cm³/mol. The van der Waals surface area contributed by atoms with Crippen molar-refractivity contribution >= 4 is 73.0 Å². The number of rotatable bonds is 8. The number of hydrogen-bond donors (Lipinski definition) is 8. The van der Waals surface area contributed by atoms with Gasteiger partial charge in [0.05, 0.1) is 23.3 Å². The Balaban J connectivity index is -0.0000000303. The fourth-order valence-electron chi connectivity index (χ4n) is 1.08. The third kappa shape index (κ3) is 119. The lowest BCUT2D eigenvalue weighted by Gasteiger charge is -1.85. The third-order valence-corrected chi connectivity index (χ3v) is 2.08. The molecule has 0 spiro atoms. The van der Waals surface area contributed by atoms with Crippen molar-refractivity contribution in [2.24, 2.45) is 22.9 Å². The summed E-state index contributed by atoms with van der Waals surface area (Å²) >= 11 is 0. The van der Waals surface area contributed by atoms with E-state index in [4.69, 9.17) is 44.6 Å². The SMILES string of the molecule is CCCC(=N)N.CCCC(=N)N.CCCC(=N)N.CCCC(=N)N.Cl.Cl.Cl.Cl. The Morgan fingerprint density at radius 3 is 0.536 bits per heavy atom. The van der Waals surface area contributed by atoms with Crippen LogP contribution in [0.15, 0.2) is 0 Å². The number of halogens is 4. The van der Waals surface area contributed by atoms with Gasteiger partial charge in [-0.15, -0.1) is 49.6 Å². The summed E-state index contributed by atoms with van der Waals surface area (Å²) in [5.74, 6) is 1.16. The van der Waals surface area contributed by atoms with Crippen molar-refractivity contribution in [3.05, 3.63) is 0 Å². The summed E-state index contributed by atoms with van der Waals surface area (Å²) in [6, 6.07) is 0. The van der Waals surface area contributed by atoms with E-state index in [1.807, 2.05) is 27.7 Å². The molecular formula is C16H44Cl4N8. The first kappa shape index (κ1) is 50.6. The van der Waals surface area contributed by atoms with Crippen molar-refractivity contribution in [1.82, 2.24) is 0 Å². The molecule has 0 saturated heterocycles. The van der Waals surface area contributed by atoms with Crippen molar-refractivity contribution in [1.29, 1.82) is 21.6 Å². The van der Waals surface area contributed by atoms with Crippen LogP contribution in [0.5, 0.6) is 0 Å². The molecule has 0 aliphatic heterocycles. The van der Waals surface area contributed by atoms with Crippen LogP contribution in [0.1, 0.15) is 79.1 Å². The zero-order chi connectivity index (χ0) is 20.0. The van der Waals surface area contributed by atoms with Gasteiger partial charge in [0, 0.05) is 25.7 Å². The van der Waals surface area contributed by atoms with Crippen molar-refractivity contribution in [2.45, 2.75) is 79.1 Å². The molecular weight excluding hydrogens is 446 g/mol. The second-order valence-electron chi connectivity index (χ2n) is 5.10. The maximum absolute atomic E-state index is 6.67. The summed E-state index contributed by atoms with van der Waals surface area (Å²) in [7, 11) is 0. The average molecular weight is 490 g/mol. The molecule has 0 saturated carbocycles. The Bertz CT molecular complexity index is 279. The molecule has 0 fully saturated rings.